The highest BCUT2D eigenvalue weighted by molar-refractivity contribution is 7.99. The lowest BCUT2D eigenvalue weighted by Crippen LogP contribution is -2.32. The maximum absolute atomic E-state index is 11.0. The predicted molar refractivity (Wildman–Crippen MR) is 69.9 cm³/mol. The molecule has 0 fully saturated rings. The summed E-state index contributed by atoms with van der Waals surface area (Å²) in [6.07, 6.45) is 5.29. The second kappa shape index (κ2) is 8.08. The first-order valence-corrected chi connectivity index (χ1v) is 6.69. The van der Waals surface area contributed by atoms with Crippen molar-refractivity contribution in [3.05, 3.63) is 30.1 Å². The third-order valence-corrected chi connectivity index (χ3v) is 3.35. The average molecular weight is 254 g/mol. The number of aromatic nitrogens is 1. The number of ether oxygens (including phenoxy) is 1. The summed E-state index contributed by atoms with van der Waals surface area (Å²) in [5.41, 5.74) is 6.86. The number of aryl methyl sites for hydroxylation is 1. The number of thioether (sulfide) groups is 1. The van der Waals surface area contributed by atoms with Crippen LogP contribution in [0, 0.1) is 0 Å². The van der Waals surface area contributed by atoms with Crippen LogP contribution in [0.25, 0.3) is 0 Å². The number of rotatable bonds is 7. The molecule has 0 saturated heterocycles. The summed E-state index contributed by atoms with van der Waals surface area (Å²) in [6.45, 7) is 0. The zero-order valence-corrected chi connectivity index (χ0v) is 10.8. The van der Waals surface area contributed by atoms with Crippen molar-refractivity contribution in [2.24, 2.45) is 5.73 Å². The number of nitrogens with two attached hydrogens (primary N) is 1. The first-order chi connectivity index (χ1) is 8.24. The van der Waals surface area contributed by atoms with E-state index in [2.05, 4.69) is 15.8 Å². The average Bonchev–Trinajstić information content (AvgIpc) is 2.38. The lowest BCUT2D eigenvalue weighted by atomic mass is 10.2. The minimum atomic E-state index is -0.495. The molecule has 2 N–H and O–H groups in total. The van der Waals surface area contributed by atoms with Crippen LogP contribution in [0.15, 0.2) is 24.5 Å². The number of nitrogens with zero attached hydrogens (tertiary/aromatic N) is 1. The number of hydrogen-bond acceptors (Lipinski definition) is 5. The van der Waals surface area contributed by atoms with E-state index in [0.717, 1.165) is 17.9 Å². The Labute approximate surface area is 106 Å². The molecule has 1 unspecified atom stereocenters. The Morgan fingerprint density at radius 1 is 1.59 bits per heavy atom. The smallest absolute Gasteiger partial charge is 0.322 e. The molecule has 0 spiro atoms. The van der Waals surface area contributed by atoms with Crippen LogP contribution >= 0.6 is 11.8 Å². The van der Waals surface area contributed by atoms with Crippen molar-refractivity contribution >= 4 is 17.7 Å². The Kier molecular flexibility index (Phi) is 6.65. The highest BCUT2D eigenvalue weighted by Gasteiger charge is 2.12. The Morgan fingerprint density at radius 3 is 3.06 bits per heavy atom. The fourth-order valence-corrected chi connectivity index (χ4v) is 2.32. The van der Waals surface area contributed by atoms with Crippen molar-refractivity contribution < 1.29 is 9.53 Å². The molecular weight excluding hydrogens is 236 g/mol. The van der Waals surface area contributed by atoms with Gasteiger partial charge in [-0.3, -0.25) is 9.78 Å². The van der Waals surface area contributed by atoms with Gasteiger partial charge in [-0.05, 0) is 36.0 Å². The van der Waals surface area contributed by atoms with E-state index in [1.54, 1.807) is 18.0 Å². The predicted octanol–water partition coefficient (Wildman–Crippen LogP) is 1.25. The standard InChI is InChI=1S/C12H18N2O2S/c1-16-12(15)11(13)5-8-17-7-4-10-3-2-6-14-9-10/h2-3,6,9,11H,4-5,7-8,13H2,1H3. The van der Waals surface area contributed by atoms with Crippen molar-refractivity contribution in [1.29, 1.82) is 0 Å². The second-order valence-electron chi connectivity index (χ2n) is 3.64. The number of esters is 1. The first kappa shape index (κ1) is 14.0. The number of carbonyl (C=O) groups excluding carboxylic acids is 1. The molecule has 94 valence electrons. The monoisotopic (exact) mass is 254 g/mol. The molecule has 0 aliphatic carbocycles. The molecule has 1 aromatic heterocycles. The van der Waals surface area contributed by atoms with Crippen molar-refractivity contribution in [3.63, 3.8) is 0 Å². The Bertz CT molecular complexity index is 333. The van der Waals surface area contributed by atoms with E-state index in [-0.39, 0.29) is 5.97 Å². The summed E-state index contributed by atoms with van der Waals surface area (Å²) in [4.78, 5) is 15.1. The highest BCUT2D eigenvalue weighted by Crippen LogP contribution is 2.08. The maximum Gasteiger partial charge on any atom is 0.322 e. The molecular formula is C12H18N2O2S. The van der Waals surface area contributed by atoms with Gasteiger partial charge in [-0.2, -0.15) is 11.8 Å². The Morgan fingerprint density at radius 2 is 2.41 bits per heavy atom. The van der Waals surface area contributed by atoms with Crippen LogP contribution in [0.1, 0.15) is 12.0 Å². The van der Waals surface area contributed by atoms with Crippen LogP contribution in [0.3, 0.4) is 0 Å². The van der Waals surface area contributed by atoms with Crippen LogP contribution in [0.4, 0.5) is 0 Å². The lowest BCUT2D eigenvalue weighted by Gasteiger charge is -2.08. The molecule has 0 amide bonds. The van der Waals surface area contributed by atoms with Gasteiger partial charge in [-0.25, -0.2) is 0 Å². The fourth-order valence-electron chi connectivity index (χ4n) is 1.32. The quantitative estimate of drug-likeness (QED) is 0.586. The van der Waals surface area contributed by atoms with E-state index in [0.29, 0.717) is 6.42 Å². The summed E-state index contributed by atoms with van der Waals surface area (Å²) in [5.74, 6) is 1.55. The van der Waals surface area contributed by atoms with Crippen molar-refractivity contribution in [2.75, 3.05) is 18.6 Å². The molecule has 5 heteroatoms. The maximum atomic E-state index is 11.0. The zero-order valence-electron chi connectivity index (χ0n) is 9.96. The van der Waals surface area contributed by atoms with Gasteiger partial charge in [0.2, 0.25) is 0 Å². The van der Waals surface area contributed by atoms with Gasteiger partial charge in [-0.1, -0.05) is 6.07 Å². The van der Waals surface area contributed by atoms with Crippen LogP contribution < -0.4 is 5.73 Å². The normalized spacial score (nSPS) is 12.1. The summed E-state index contributed by atoms with van der Waals surface area (Å²) >= 11 is 1.79. The van der Waals surface area contributed by atoms with Gasteiger partial charge in [0.05, 0.1) is 7.11 Å². The topological polar surface area (TPSA) is 65.2 Å². The summed E-state index contributed by atoms with van der Waals surface area (Å²) in [7, 11) is 1.36. The van der Waals surface area contributed by atoms with Crippen LogP contribution in [-0.4, -0.2) is 35.6 Å². The van der Waals surface area contributed by atoms with E-state index in [9.17, 15) is 4.79 Å². The number of methoxy groups -OCH3 is 1. The first-order valence-electron chi connectivity index (χ1n) is 5.54. The lowest BCUT2D eigenvalue weighted by molar-refractivity contribution is -0.142. The van der Waals surface area contributed by atoms with Gasteiger partial charge in [-0.15, -0.1) is 0 Å². The van der Waals surface area contributed by atoms with Crippen LogP contribution in [0.5, 0.6) is 0 Å². The molecule has 0 saturated carbocycles. The molecule has 0 aliphatic heterocycles. The van der Waals surface area contributed by atoms with Crippen LogP contribution in [-0.2, 0) is 16.0 Å². The van der Waals surface area contributed by atoms with Crippen molar-refractivity contribution in [2.45, 2.75) is 18.9 Å². The van der Waals surface area contributed by atoms with Crippen molar-refractivity contribution in [1.82, 2.24) is 4.98 Å². The summed E-state index contributed by atoms with van der Waals surface area (Å²) in [5, 5.41) is 0. The molecule has 0 aromatic carbocycles. The molecule has 1 atom stereocenters. The minimum Gasteiger partial charge on any atom is -0.468 e. The van der Waals surface area contributed by atoms with Gasteiger partial charge in [0.15, 0.2) is 0 Å². The fraction of sp³-hybridized carbons (Fsp3) is 0.500. The molecule has 1 heterocycles. The van der Waals surface area contributed by atoms with Gasteiger partial charge in [0.1, 0.15) is 6.04 Å². The number of hydrogen-bond donors (Lipinski definition) is 1. The summed E-state index contributed by atoms with van der Waals surface area (Å²) in [6, 6.07) is 3.51. The van der Waals surface area contributed by atoms with E-state index in [4.69, 9.17) is 5.73 Å². The Hall–Kier alpha value is -1.07. The molecule has 0 radical (unpaired) electrons. The van der Waals surface area contributed by atoms with Crippen molar-refractivity contribution in [3.8, 4) is 0 Å². The highest BCUT2D eigenvalue weighted by atomic mass is 32.2. The van der Waals surface area contributed by atoms with Gasteiger partial charge in [0, 0.05) is 12.4 Å². The molecule has 17 heavy (non-hydrogen) atoms. The van der Waals surface area contributed by atoms with E-state index in [1.807, 2.05) is 12.3 Å². The molecule has 1 aromatic rings. The third-order valence-electron chi connectivity index (χ3n) is 2.33. The summed E-state index contributed by atoms with van der Waals surface area (Å²) < 4.78 is 4.56. The van der Waals surface area contributed by atoms with Gasteiger partial charge in [0.25, 0.3) is 0 Å². The van der Waals surface area contributed by atoms with E-state index in [1.165, 1.54) is 12.7 Å². The third kappa shape index (κ3) is 5.70. The second-order valence-corrected chi connectivity index (χ2v) is 4.87. The molecule has 1 rings (SSSR count). The number of pyridine rings is 1. The largest absolute Gasteiger partial charge is 0.468 e. The minimum absolute atomic E-state index is 0.335. The van der Waals surface area contributed by atoms with Crippen LogP contribution in [0.2, 0.25) is 0 Å². The zero-order chi connectivity index (χ0) is 12.5. The molecule has 0 aliphatic rings. The van der Waals surface area contributed by atoms with E-state index < -0.39 is 6.04 Å². The van der Waals surface area contributed by atoms with E-state index >= 15 is 0 Å². The molecule has 0 bridgehead atoms. The Balaban J connectivity index is 2.07. The number of carbonyl (C=O) groups is 1. The van der Waals surface area contributed by atoms with Gasteiger partial charge < -0.3 is 10.5 Å². The van der Waals surface area contributed by atoms with Gasteiger partial charge >= 0.3 is 5.97 Å². The SMILES string of the molecule is COC(=O)C(N)CCSCCc1cccnc1. The molecule has 4 nitrogen and oxygen atoms in total.